The van der Waals surface area contributed by atoms with Crippen LogP contribution in [0, 0.1) is 17.8 Å². The van der Waals surface area contributed by atoms with Crippen molar-refractivity contribution in [3.05, 3.63) is 0 Å². The number of nitrogens with zero attached hydrogens (tertiary/aromatic N) is 2. The van der Waals surface area contributed by atoms with Crippen LogP contribution in [0.4, 0.5) is 4.79 Å². The van der Waals surface area contributed by atoms with Crippen LogP contribution in [-0.2, 0) is 33.2 Å². The van der Waals surface area contributed by atoms with Gasteiger partial charge in [0.1, 0.15) is 6.10 Å². The first-order chi connectivity index (χ1) is 26.2. The van der Waals surface area contributed by atoms with Gasteiger partial charge in [-0.25, -0.2) is 4.79 Å². The summed E-state index contributed by atoms with van der Waals surface area (Å²) in [5.74, 6) is -0.223. The largest absolute Gasteiger partial charge is 0.508 e. The predicted octanol–water partition coefficient (Wildman–Crippen LogP) is 6.69. The quantitative estimate of drug-likeness (QED) is 0.233. The van der Waals surface area contributed by atoms with E-state index < -0.39 is 48.1 Å². The molecule has 0 aromatic carbocycles. The highest BCUT2D eigenvalue weighted by Gasteiger charge is 2.48. The molecule has 56 heavy (non-hydrogen) atoms. The van der Waals surface area contributed by atoms with Crippen LogP contribution in [0.1, 0.15) is 129 Å². The van der Waals surface area contributed by atoms with Gasteiger partial charge < -0.3 is 49.3 Å². The first kappa shape index (κ1) is 54.9. The SMILES string of the molecule is CC.CC.CC1CC(N(C)C)CC(O)O1.CCOC(=O)O[C@H]1CSC(=O)C(C)[C@@H](O[C@H]2C[C@@](CC)(OC)[C@@H](N)C(C)O2)C(C)C[C@](C)(O)C[C@@H](C)CN(C)C1C. The average Bonchev–Trinajstić information content (AvgIpc) is 3.13. The van der Waals surface area contributed by atoms with Crippen molar-refractivity contribution in [1.82, 2.24) is 9.80 Å². The predicted molar refractivity (Wildman–Crippen MR) is 227 cm³/mol. The fourth-order valence-electron chi connectivity index (χ4n) is 8.10. The van der Waals surface area contributed by atoms with E-state index in [-0.39, 0.29) is 53.6 Å². The van der Waals surface area contributed by atoms with Crippen LogP contribution in [0.25, 0.3) is 0 Å². The molecule has 0 radical (unpaired) electrons. The molecule has 14 atom stereocenters. The van der Waals surface area contributed by atoms with Gasteiger partial charge in [-0.15, -0.1) is 0 Å². The summed E-state index contributed by atoms with van der Waals surface area (Å²) in [6, 6.07) is -0.0188. The Balaban J connectivity index is 0.00000169. The molecule has 13 nitrogen and oxygen atoms in total. The minimum Gasteiger partial charge on any atom is -0.435 e. The summed E-state index contributed by atoms with van der Waals surface area (Å²) in [7, 11) is 7.71. The van der Waals surface area contributed by atoms with Gasteiger partial charge in [0.2, 0.25) is 0 Å². The van der Waals surface area contributed by atoms with Gasteiger partial charge >= 0.3 is 6.16 Å². The molecule has 3 rings (SSSR count). The minimum absolute atomic E-state index is 0.0757. The highest BCUT2D eigenvalue weighted by molar-refractivity contribution is 8.13. The number of aliphatic hydroxyl groups is 2. The van der Waals surface area contributed by atoms with Crippen molar-refractivity contribution in [2.24, 2.45) is 23.5 Å². The van der Waals surface area contributed by atoms with E-state index in [1.807, 2.05) is 97.3 Å². The molecule has 3 saturated heterocycles. The van der Waals surface area contributed by atoms with E-state index in [0.717, 1.165) is 24.6 Å². The minimum atomic E-state index is -0.978. The van der Waals surface area contributed by atoms with Gasteiger partial charge in [-0.3, -0.25) is 9.69 Å². The molecule has 0 amide bonds. The van der Waals surface area contributed by atoms with Crippen molar-refractivity contribution in [1.29, 1.82) is 0 Å². The zero-order chi connectivity index (χ0) is 43.6. The molecule has 0 aromatic heterocycles. The van der Waals surface area contributed by atoms with Crippen molar-refractivity contribution in [2.75, 3.05) is 47.2 Å². The van der Waals surface area contributed by atoms with Crippen LogP contribution in [0.15, 0.2) is 0 Å². The summed E-state index contributed by atoms with van der Waals surface area (Å²) in [4.78, 5) is 30.2. The first-order valence-corrected chi connectivity index (χ1v) is 22.2. The highest BCUT2D eigenvalue weighted by atomic mass is 32.2. The molecule has 3 fully saturated rings. The van der Waals surface area contributed by atoms with Crippen LogP contribution >= 0.6 is 11.8 Å². The number of nitrogens with two attached hydrogens (primary N) is 1. The second-order valence-electron chi connectivity index (χ2n) is 16.1. The molecule has 4 N–H and O–H groups in total. The van der Waals surface area contributed by atoms with E-state index in [0.29, 0.717) is 38.3 Å². The lowest BCUT2D eigenvalue weighted by Crippen LogP contribution is -2.62. The average molecular weight is 824 g/mol. The van der Waals surface area contributed by atoms with E-state index in [2.05, 4.69) is 16.7 Å². The van der Waals surface area contributed by atoms with E-state index in [9.17, 15) is 19.8 Å². The van der Waals surface area contributed by atoms with Gasteiger partial charge in [0, 0.05) is 44.3 Å². The number of hydrogen-bond acceptors (Lipinski definition) is 14. The molecule has 0 bridgehead atoms. The zero-order valence-corrected chi connectivity index (χ0v) is 39.1. The molecule has 3 heterocycles. The van der Waals surface area contributed by atoms with Crippen LogP contribution < -0.4 is 5.73 Å². The molecular weight excluding hydrogens is 739 g/mol. The van der Waals surface area contributed by atoms with Crippen molar-refractivity contribution >= 4 is 23.0 Å². The Morgan fingerprint density at radius 1 is 1.02 bits per heavy atom. The number of ether oxygens (including phenoxy) is 6. The maximum Gasteiger partial charge on any atom is 0.508 e. The number of aliphatic hydroxyl groups excluding tert-OH is 1. The Morgan fingerprint density at radius 2 is 1.62 bits per heavy atom. The number of methoxy groups -OCH3 is 1. The molecule has 3 aliphatic heterocycles. The van der Waals surface area contributed by atoms with E-state index in [1.165, 1.54) is 0 Å². The smallest absolute Gasteiger partial charge is 0.435 e. The summed E-state index contributed by atoms with van der Waals surface area (Å²) in [5.41, 5.74) is 4.91. The summed E-state index contributed by atoms with van der Waals surface area (Å²) in [6.45, 7) is 26.4. The standard InChI is InChI=1S/C30H56N2O8S.C8H17NO2.2C2H6/c1-11-30(36-10)15-24(38-22(7)26(30)31)40-25-19(4)14-29(8,35)13-18(3)16-32(9)21(6)23(39-28(34)37-12-2)17-41-27(33)20(25)5;1-6-4-7(9(2)3)5-8(10)11-6;2*1-2/h18-26,35H,11-17,31H2,1-10H3;6-8,10H,4-5H2,1-3H3;2*1-2H3/t18-,19?,20?,21?,22?,23+,24+,25+,26+,29-,30-;;;/m1.../s1. The topological polar surface area (TPSA) is 162 Å². The fourth-order valence-corrected chi connectivity index (χ4v) is 9.17. The molecule has 3 aliphatic rings. The Kier molecular flexibility index (Phi) is 26.4. The van der Waals surface area contributed by atoms with Crippen LogP contribution in [0.2, 0.25) is 0 Å². The lowest BCUT2D eigenvalue weighted by atomic mass is 9.80. The molecule has 0 aliphatic carbocycles. The number of hydrogen-bond donors (Lipinski definition) is 3. The third-order valence-corrected chi connectivity index (χ3v) is 12.4. The highest BCUT2D eigenvalue weighted by Crippen LogP contribution is 2.38. The number of carbonyl (C=O) groups excluding carboxylic acids is 2. The monoisotopic (exact) mass is 824 g/mol. The van der Waals surface area contributed by atoms with E-state index in [1.54, 1.807) is 14.0 Å². The molecule has 0 aromatic rings. The molecular formula is C42H85N3O10S. The van der Waals surface area contributed by atoms with Gasteiger partial charge in [-0.1, -0.05) is 67.2 Å². The molecule has 334 valence electrons. The maximum absolute atomic E-state index is 13.6. The van der Waals surface area contributed by atoms with E-state index >= 15 is 0 Å². The molecule has 7 unspecified atom stereocenters. The lowest BCUT2D eigenvalue weighted by Gasteiger charge is -2.48. The molecule has 0 spiro atoms. The maximum atomic E-state index is 13.6. The van der Waals surface area contributed by atoms with Gasteiger partial charge in [-0.05, 0) is 93.3 Å². The van der Waals surface area contributed by atoms with Crippen LogP contribution in [0.5, 0.6) is 0 Å². The Bertz CT molecular complexity index is 1070. The second kappa shape index (κ2) is 26.9. The van der Waals surface area contributed by atoms with Gasteiger partial charge in [0.25, 0.3) is 0 Å². The zero-order valence-electron chi connectivity index (χ0n) is 38.3. The summed E-state index contributed by atoms with van der Waals surface area (Å²) in [5, 5.41) is 20.7. The fraction of sp³-hybridized carbons (Fsp3) is 0.952. The van der Waals surface area contributed by atoms with E-state index in [4.69, 9.17) is 34.2 Å². The third kappa shape index (κ3) is 17.6. The van der Waals surface area contributed by atoms with Gasteiger partial charge in [0.15, 0.2) is 17.7 Å². The first-order valence-electron chi connectivity index (χ1n) is 21.2. The normalized spacial score (nSPS) is 39.0. The summed E-state index contributed by atoms with van der Waals surface area (Å²) < 4.78 is 34.6. The summed E-state index contributed by atoms with van der Waals surface area (Å²) in [6.07, 6.45) is 0.785. The van der Waals surface area contributed by atoms with Crippen molar-refractivity contribution in [3.63, 3.8) is 0 Å². The van der Waals surface area contributed by atoms with Crippen LogP contribution in [-0.4, -0.2) is 145 Å². The van der Waals surface area contributed by atoms with Gasteiger partial charge in [0.05, 0.1) is 48.1 Å². The summed E-state index contributed by atoms with van der Waals surface area (Å²) >= 11 is 1.14. The number of rotatable bonds is 7. The van der Waals surface area contributed by atoms with Crippen molar-refractivity contribution in [2.45, 2.75) is 195 Å². The Hall–Kier alpha value is -1.07. The number of thioether (sulfide) groups is 1. The second-order valence-corrected chi connectivity index (χ2v) is 17.2. The lowest BCUT2D eigenvalue weighted by molar-refractivity contribution is -0.272. The number of carbonyl (C=O) groups is 2. The van der Waals surface area contributed by atoms with Crippen LogP contribution in [0.3, 0.4) is 0 Å². The van der Waals surface area contributed by atoms with Crippen molar-refractivity contribution in [3.8, 4) is 0 Å². The Morgan fingerprint density at radius 3 is 2.14 bits per heavy atom. The molecule has 0 saturated carbocycles. The molecule has 14 heteroatoms. The van der Waals surface area contributed by atoms with Gasteiger partial charge in [-0.2, -0.15) is 0 Å². The third-order valence-electron chi connectivity index (χ3n) is 11.2. The number of likely N-dealkylation sites (N-methyl/N-ethyl adjacent to an activating group) is 1. The Labute approximate surface area is 345 Å². The van der Waals surface area contributed by atoms with Crippen molar-refractivity contribution < 1.29 is 48.2 Å².